The van der Waals surface area contributed by atoms with Crippen molar-refractivity contribution in [2.75, 3.05) is 0 Å². The molecule has 8 nitrogen and oxygen atoms in total. The quantitative estimate of drug-likeness (QED) is 0.421. The summed E-state index contributed by atoms with van der Waals surface area (Å²) in [6.07, 6.45) is 0.181. The number of phenolic OH excluding ortho intramolecular Hbond substituents is 1. The molecule has 0 heterocycles. The lowest BCUT2D eigenvalue weighted by molar-refractivity contribution is -0.139. The molecule has 0 aromatic heterocycles. The highest BCUT2D eigenvalue weighted by atomic mass is 32.2. The van der Waals surface area contributed by atoms with Gasteiger partial charge in [0.25, 0.3) is 0 Å². The van der Waals surface area contributed by atoms with Gasteiger partial charge in [0.15, 0.2) is 5.11 Å². The summed E-state index contributed by atoms with van der Waals surface area (Å²) in [5.41, 5.74) is 1.48. The second-order valence-corrected chi connectivity index (χ2v) is 7.75. The largest absolute Gasteiger partial charge is 0.508 e. The van der Waals surface area contributed by atoms with Crippen molar-refractivity contribution in [2.24, 2.45) is 5.14 Å². The minimum atomic E-state index is -3.75. The summed E-state index contributed by atoms with van der Waals surface area (Å²) in [7, 11) is -3.75. The van der Waals surface area contributed by atoms with Gasteiger partial charge in [-0.3, -0.25) is 0 Å². The summed E-state index contributed by atoms with van der Waals surface area (Å²) in [5.74, 6) is -0.964. The molecule has 0 amide bonds. The van der Waals surface area contributed by atoms with Crippen LogP contribution in [-0.2, 0) is 27.8 Å². The topological polar surface area (TPSA) is 142 Å². The number of rotatable bonds is 7. The van der Waals surface area contributed by atoms with Crippen molar-refractivity contribution in [2.45, 2.75) is 23.9 Å². The van der Waals surface area contributed by atoms with Crippen LogP contribution in [0.2, 0.25) is 0 Å². The second kappa shape index (κ2) is 8.80. The number of phenols is 1. The minimum absolute atomic E-state index is 0.00629. The third kappa shape index (κ3) is 6.51. The van der Waals surface area contributed by atoms with Crippen molar-refractivity contribution in [3.63, 3.8) is 0 Å². The second-order valence-electron chi connectivity index (χ2n) is 5.78. The first-order chi connectivity index (χ1) is 12.6. The van der Waals surface area contributed by atoms with E-state index in [-0.39, 0.29) is 28.7 Å². The molecule has 2 aromatic rings. The van der Waals surface area contributed by atoms with Gasteiger partial charge in [0, 0.05) is 13.0 Å². The Kier molecular flexibility index (Phi) is 6.72. The van der Waals surface area contributed by atoms with Crippen molar-refractivity contribution < 1.29 is 23.4 Å². The Morgan fingerprint density at radius 1 is 1.07 bits per heavy atom. The molecule has 0 aliphatic heterocycles. The van der Waals surface area contributed by atoms with Crippen LogP contribution in [0, 0.1) is 0 Å². The summed E-state index contributed by atoms with van der Waals surface area (Å²) >= 11 is 5.13. The van der Waals surface area contributed by atoms with Crippen LogP contribution in [0.25, 0.3) is 0 Å². The third-order valence-electron chi connectivity index (χ3n) is 3.68. The molecule has 2 aromatic carbocycles. The molecule has 0 aliphatic rings. The Balaban J connectivity index is 1.92. The average molecular weight is 409 g/mol. The predicted molar refractivity (Wildman–Crippen MR) is 104 cm³/mol. The van der Waals surface area contributed by atoms with Gasteiger partial charge in [-0.25, -0.2) is 18.4 Å². The smallest absolute Gasteiger partial charge is 0.326 e. The standard InChI is InChI=1S/C17H19N3O5S2/c18-27(24,25)14-7-3-12(4-8-14)10-19-17(26)20-15(16(22)23)9-11-1-5-13(21)6-2-11/h1-8,15,21H,9-10H2,(H,22,23)(H2,18,24,25)(H2,19,20,26)/t15-/m0/s1. The van der Waals surface area contributed by atoms with Gasteiger partial charge in [-0.15, -0.1) is 0 Å². The maximum atomic E-state index is 11.4. The van der Waals surface area contributed by atoms with E-state index in [9.17, 15) is 23.4 Å². The summed E-state index contributed by atoms with van der Waals surface area (Å²) in [4.78, 5) is 11.5. The van der Waals surface area contributed by atoms with Gasteiger partial charge in [-0.1, -0.05) is 24.3 Å². The highest BCUT2D eigenvalue weighted by Gasteiger charge is 2.19. The van der Waals surface area contributed by atoms with E-state index < -0.39 is 22.0 Å². The zero-order valence-electron chi connectivity index (χ0n) is 14.1. The third-order valence-corrected chi connectivity index (χ3v) is 4.88. The van der Waals surface area contributed by atoms with Gasteiger partial charge in [-0.05, 0) is 47.6 Å². The van der Waals surface area contributed by atoms with Crippen LogP contribution in [0.3, 0.4) is 0 Å². The lowest BCUT2D eigenvalue weighted by Crippen LogP contribution is -2.46. The molecular formula is C17H19N3O5S2. The number of hydrogen-bond acceptors (Lipinski definition) is 5. The molecule has 2 rings (SSSR count). The summed E-state index contributed by atoms with van der Waals surface area (Å²) in [6.45, 7) is 0.280. The Labute approximate surface area is 162 Å². The van der Waals surface area contributed by atoms with Gasteiger partial charge in [0.2, 0.25) is 10.0 Å². The number of aliphatic carboxylic acids is 1. The molecule has 0 radical (unpaired) electrons. The van der Waals surface area contributed by atoms with Gasteiger partial charge in [-0.2, -0.15) is 0 Å². The first-order valence-corrected chi connectivity index (χ1v) is 9.77. The molecule has 0 unspecified atom stereocenters. The van der Waals surface area contributed by atoms with E-state index >= 15 is 0 Å². The first-order valence-electron chi connectivity index (χ1n) is 7.82. The zero-order valence-corrected chi connectivity index (χ0v) is 15.8. The van der Waals surface area contributed by atoms with Gasteiger partial charge >= 0.3 is 5.97 Å². The van der Waals surface area contributed by atoms with Crippen LogP contribution in [0.4, 0.5) is 0 Å². The molecule has 144 valence electrons. The van der Waals surface area contributed by atoms with Crippen molar-refractivity contribution in [1.82, 2.24) is 10.6 Å². The SMILES string of the molecule is NS(=O)(=O)c1ccc(CNC(=S)N[C@@H](Cc2ccc(O)cc2)C(=O)O)cc1. The maximum Gasteiger partial charge on any atom is 0.326 e. The Morgan fingerprint density at radius 3 is 2.15 bits per heavy atom. The summed E-state index contributed by atoms with van der Waals surface area (Å²) in [5, 5.41) is 29.4. The van der Waals surface area contributed by atoms with Crippen LogP contribution >= 0.6 is 12.2 Å². The zero-order chi connectivity index (χ0) is 20.0. The van der Waals surface area contributed by atoms with Crippen molar-refractivity contribution in [3.05, 3.63) is 59.7 Å². The molecule has 1 atom stereocenters. The van der Waals surface area contributed by atoms with E-state index in [2.05, 4.69) is 10.6 Å². The number of nitrogens with one attached hydrogen (secondary N) is 2. The highest BCUT2D eigenvalue weighted by molar-refractivity contribution is 7.89. The van der Waals surface area contributed by atoms with E-state index in [0.717, 1.165) is 11.1 Å². The van der Waals surface area contributed by atoms with Crippen LogP contribution in [-0.4, -0.2) is 35.8 Å². The van der Waals surface area contributed by atoms with Crippen molar-refractivity contribution in [3.8, 4) is 5.75 Å². The average Bonchev–Trinajstić information content (AvgIpc) is 2.60. The monoisotopic (exact) mass is 409 g/mol. The van der Waals surface area contributed by atoms with Gasteiger partial charge in [0.05, 0.1) is 4.90 Å². The van der Waals surface area contributed by atoms with E-state index in [1.165, 1.54) is 24.3 Å². The molecule has 27 heavy (non-hydrogen) atoms. The maximum absolute atomic E-state index is 11.4. The number of sulfonamides is 1. The number of nitrogens with two attached hydrogens (primary N) is 1. The van der Waals surface area contributed by atoms with E-state index in [4.69, 9.17) is 17.4 Å². The molecule has 0 aliphatic carbocycles. The number of carboxylic acid groups (broad SMARTS) is 1. The Bertz CT molecular complexity index is 913. The van der Waals surface area contributed by atoms with Crippen molar-refractivity contribution >= 4 is 33.3 Å². The Morgan fingerprint density at radius 2 is 1.63 bits per heavy atom. The molecule has 6 N–H and O–H groups in total. The molecule has 0 bridgehead atoms. The summed E-state index contributed by atoms with van der Waals surface area (Å²) < 4.78 is 22.5. The van der Waals surface area contributed by atoms with Crippen LogP contribution in [0.5, 0.6) is 5.75 Å². The number of aromatic hydroxyl groups is 1. The van der Waals surface area contributed by atoms with E-state index in [0.29, 0.717) is 0 Å². The fourth-order valence-electron chi connectivity index (χ4n) is 2.26. The molecule has 0 saturated carbocycles. The lowest BCUT2D eigenvalue weighted by atomic mass is 10.1. The molecular weight excluding hydrogens is 390 g/mol. The lowest BCUT2D eigenvalue weighted by Gasteiger charge is -2.17. The molecule has 10 heteroatoms. The number of carboxylic acids is 1. The fourth-order valence-corrected chi connectivity index (χ4v) is 2.99. The number of thiocarbonyl (C=S) groups is 1. The van der Waals surface area contributed by atoms with Gasteiger partial charge in [0.1, 0.15) is 11.8 Å². The molecule has 0 spiro atoms. The number of primary sulfonamides is 1. The first kappa shape index (κ1) is 20.6. The van der Waals surface area contributed by atoms with Gasteiger partial charge < -0.3 is 20.8 Å². The minimum Gasteiger partial charge on any atom is -0.508 e. The molecule has 0 saturated heterocycles. The molecule has 0 fully saturated rings. The number of hydrogen-bond donors (Lipinski definition) is 5. The normalized spacial score (nSPS) is 12.2. The van der Waals surface area contributed by atoms with Crippen molar-refractivity contribution in [1.29, 1.82) is 0 Å². The van der Waals surface area contributed by atoms with Crippen LogP contribution < -0.4 is 15.8 Å². The van der Waals surface area contributed by atoms with E-state index in [1.807, 2.05) is 0 Å². The van der Waals surface area contributed by atoms with Crippen LogP contribution in [0.1, 0.15) is 11.1 Å². The van der Waals surface area contributed by atoms with E-state index in [1.54, 1.807) is 24.3 Å². The number of benzene rings is 2. The number of carbonyl (C=O) groups is 1. The highest BCUT2D eigenvalue weighted by Crippen LogP contribution is 2.12. The Hall–Kier alpha value is -2.69. The fraction of sp³-hybridized carbons (Fsp3) is 0.176. The van der Waals surface area contributed by atoms with Crippen LogP contribution in [0.15, 0.2) is 53.4 Å². The summed E-state index contributed by atoms with van der Waals surface area (Å²) in [6, 6.07) is 11.2. The predicted octanol–water partition coefficient (Wildman–Crippen LogP) is 0.700.